The zero-order valence-electron chi connectivity index (χ0n) is 20.6. The quantitative estimate of drug-likeness (QED) is 0.404. The molecular formula is C28H35N3O4. The van der Waals surface area contributed by atoms with Gasteiger partial charge < -0.3 is 24.5 Å². The number of amides is 1. The van der Waals surface area contributed by atoms with Crippen molar-refractivity contribution in [2.24, 2.45) is 0 Å². The van der Waals surface area contributed by atoms with Crippen molar-refractivity contribution in [3.05, 3.63) is 42.5 Å². The first-order valence-electron chi connectivity index (χ1n) is 12.8. The molecule has 2 aliphatic rings. The molecule has 0 unspecified atom stereocenters. The molecule has 5 rings (SSSR count). The third kappa shape index (κ3) is 4.96. The van der Waals surface area contributed by atoms with Crippen molar-refractivity contribution < 1.29 is 19.0 Å². The van der Waals surface area contributed by atoms with Gasteiger partial charge in [-0.3, -0.25) is 5.32 Å². The predicted octanol–water partition coefficient (Wildman–Crippen LogP) is 6.52. The Bertz CT molecular complexity index is 1180. The molecule has 7 heteroatoms. The maximum Gasteiger partial charge on any atom is 0.411 e. The van der Waals surface area contributed by atoms with E-state index in [1.807, 2.05) is 44.2 Å². The molecular weight excluding hydrogens is 442 g/mol. The molecule has 3 aromatic rings. The zero-order valence-corrected chi connectivity index (χ0v) is 20.6. The molecule has 2 fully saturated rings. The molecule has 35 heavy (non-hydrogen) atoms. The minimum absolute atomic E-state index is 0.118. The average molecular weight is 478 g/mol. The molecule has 2 heterocycles. The fourth-order valence-corrected chi connectivity index (χ4v) is 4.82. The molecule has 7 nitrogen and oxygen atoms in total. The number of rotatable bonds is 7. The molecule has 1 aliphatic heterocycles. The van der Waals surface area contributed by atoms with Crippen LogP contribution in [0.25, 0.3) is 22.2 Å². The summed E-state index contributed by atoms with van der Waals surface area (Å²) in [6.45, 7) is 5.37. The summed E-state index contributed by atoms with van der Waals surface area (Å²) < 4.78 is 19.5. The Balaban J connectivity index is 1.45. The van der Waals surface area contributed by atoms with Crippen molar-refractivity contribution in [1.82, 2.24) is 4.57 Å². The van der Waals surface area contributed by atoms with Crippen molar-refractivity contribution in [1.29, 1.82) is 0 Å². The van der Waals surface area contributed by atoms with Crippen LogP contribution in [0.3, 0.4) is 0 Å². The average Bonchev–Trinajstić information content (AvgIpc) is 3.10. The molecule has 1 aliphatic carbocycles. The first-order valence-corrected chi connectivity index (χ1v) is 12.8. The van der Waals surface area contributed by atoms with Gasteiger partial charge in [-0.05, 0) is 56.9 Å². The SMILES string of the molecule is CC[C@@H](C)OC(=O)Nc1ccc(-c2c(N)c3ccc(OC4CCOCC4)cc3n2C2CCC2)cc1. The highest BCUT2D eigenvalue weighted by atomic mass is 16.6. The van der Waals surface area contributed by atoms with Gasteiger partial charge in [-0.15, -0.1) is 0 Å². The van der Waals surface area contributed by atoms with E-state index < -0.39 is 6.09 Å². The highest BCUT2D eigenvalue weighted by Gasteiger charge is 2.27. The van der Waals surface area contributed by atoms with Crippen LogP contribution < -0.4 is 15.8 Å². The van der Waals surface area contributed by atoms with Crippen LogP contribution in [-0.2, 0) is 9.47 Å². The molecule has 1 aromatic heterocycles. The number of nitrogens with two attached hydrogens (primary N) is 1. The highest BCUT2D eigenvalue weighted by molar-refractivity contribution is 6.01. The summed E-state index contributed by atoms with van der Waals surface area (Å²) in [5.41, 5.74) is 11.4. The van der Waals surface area contributed by atoms with Crippen LogP contribution in [0.2, 0.25) is 0 Å². The lowest BCUT2D eigenvalue weighted by atomic mass is 9.92. The van der Waals surface area contributed by atoms with Crippen molar-refractivity contribution in [3.8, 4) is 17.0 Å². The number of carbonyl (C=O) groups excluding carboxylic acids is 1. The number of aromatic nitrogens is 1. The molecule has 186 valence electrons. The summed E-state index contributed by atoms with van der Waals surface area (Å²) in [6, 6.07) is 14.5. The van der Waals surface area contributed by atoms with E-state index in [1.54, 1.807) is 0 Å². The lowest BCUT2D eigenvalue weighted by Gasteiger charge is -2.30. The van der Waals surface area contributed by atoms with Gasteiger partial charge in [0.25, 0.3) is 0 Å². The maximum atomic E-state index is 12.1. The standard InChI is InChI=1S/C28H35N3O4/c1-3-18(2)34-28(32)30-20-9-7-19(8-10-20)27-26(29)24-12-11-23(35-22-13-15-33-16-14-22)17-25(24)31(27)21-5-4-6-21/h7-12,17-18,21-22H,3-6,13-16,29H2,1-2H3,(H,30,32)/t18-/m1/s1. The van der Waals surface area contributed by atoms with Gasteiger partial charge in [0.15, 0.2) is 0 Å². The molecule has 1 saturated carbocycles. The third-order valence-electron chi connectivity index (χ3n) is 7.21. The monoisotopic (exact) mass is 477 g/mol. The van der Waals surface area contributed by atoms with E-state index in [0.717, 1.165) is 78.9 Å². The molecule has 1 amide bonds. The van der Waals surface area contributed by atoms with E-state index in [4.69, 9.17) is 19.9 Å². The van der Waals surface area contributed by atoms with Gasteiger partial charge in [0, 0.05) is 41.6 Å². The summed E-state index contributed by atoms with van der Waals surface area (Å²) in [5.74, 6) is 0.883. The maximum absolute atomic E-state index is 12.1. The Morgan fingerprint density at radius 1 is 1.14 bits per heavy atom. The summed E-state index contributed by atoms with van der Waals surface area (Å²) in [6.07, 6.45) is 5.75. The smallest absolute Gasteiger partial charge is 0.411 e. The van der Waals surface area contributed by atoms with Crippen LogP contribution in [0.5, 0.6) is 5.75 Å². The number of hydrogen-bond donors (Lipinski definition) is 2. The fourth-order valence-electron chi connectivity index (χ4n) is 4.82. The second kappa shape index (κ2) is 10.2. The summed E-state index contributed by atoms with van der Waals surface area (Å²) in [4.78, 5) is 12.1. The van der Waals surface area contributed by atoms with Crippen LogP contribution >= 0.6 is 0 Å². The minimum atomic E-state index is -0.438. The number of benzene rings is 2. The van der Waals surface area contributed by atoms with E-state index in [0.29, 0.717) is 11.7 Å². The number of hydrogen-bond acceptors (Lipinski definition) is 5. The van der Waals surface area contributed by atoms with Crippen molar-refractivity contribution in [2.75, 3.05) is 24.3 Å². The Morgan fingerprint density at radius 2 is 1.89 bits per heavy atom. The molecule has 0 bridgehead atoms. The van der Waals surface area contributed by atoms with Crippen molar-refractivity contribution in [3.63, 3.8) is 0 Å². The van der Waals surface area contributed by atoms with Crippen molar-refractivity contribution in [2.45, 2.75) is 70.6 Å². The van der Waals surface area contributed by atoms with Gasteiger partial charge in [-0.1, -0.05) is 19.1 Å². The molecule has 0 spiro atoms. The van der Waals surface area contributed by atoms with E-state index in [-0.39, 0.29) is 12.2 Å². The summed E-state index contributed by atoms with van der Waals surface area (Å²) in [5, 5.41) is 3.86. The van der Waals surface area contributed by atoms with E-state index in [9.17, 15) is 4.79 Å². The molecule has 2 aromatic carbocycles. The second-order valence-electron chi connectivity index (χ2n) is 9.65. The Hall–Kier alpha value is -3.19. The Kier molecular flexibility index (Phi) is 6.86. The number of carbonyl (C=O) groups is 1. The van der Waals surface area contributed by atoms with E-state index >= 15 is 0 Å². The van der Waals surface area contributed by atoms with Crippen LogP contribution in [0.4, 0.5) is 16.2 Å². The van der Waals surface area contributed by atoms with E-state index in [1.165, 1.54) is 6.42 Å². The molecule has 1 saturated heterocycles. The number of ether oxygens (including phenoxy) is 3. The highest BCUT2D eigenvalue weighted by Crippen LogP contribution is 2.45. The second-order valence-corrected chi connectivity index (χ2v) is 9.65. The lowest BCUT2D eigenvalue weighted by molar-refractivity contribution is 0.0256. The summed E-state index contributed by atoms with van der Waals surface area (Å²) in [7, 11) is 0. The normalized spacial score (nSPS) is 17.7. The van der Waals surface area contributed by atoms with Gasteiger partial charge in [0.2, 0.25) is 0 Å². The fraction of sp³-hybridized carbons (Fsp3) is 0.464. The minimum Gasteiger partial charge on any atom is -0.490 e. The van der Waals surface area contributed by atoms with Crippen LogP contribution in [0.15, 0.2) is 42.5 Å². The molecule has 0 radical (unpaired) electrons. The lowest BCUT2D eigenvalue weighted by Crippen LogP contribution is -2.25. The van der Waals surface area contributed by atoms with Gasteiger partial charge in [-0.25, -0.2) is 4.79 Å². The van der Waals surface area contributed by atoms with Gasteiger partial charge >= 0.3 is 6.09 Å². The number of fused-ring (bicyclic) bond motifs is 1. The van der Waals surface area contributed by atoms with Gasteiger partial charge in [0.05, 0.1) is 30.1 Å². The van der Waals surface area contributed by atoms with Crippen LogP contribution in [-0.4, -0.2) is 36.1 Å². The van der Waals surface area contributed by atoms with Gasteiger partial charge in [0.1, 0.15) is 18.0 Å². The van der Waals surface area contributed by atoms with E-state index in [2.05, 4.69) is 22.0 Å². The zero-order chi connectivity index (χ0) is 24.4. The largest absolute Gasteiger partial charge is 0.490 e. The predicted molar refractivity (Wildman–Crippen MR) is 139 cm³/mol. The van der Waals surface area contributed by atoms with Gasteiger partial charge in [-0.2, -0.15) is 0 Å². The van der Waals surface area contributed by atoms with Crippen LogP contribution in [0.1, 0.15) is 58.4 Å². The van der Waals surface area contributed by atoms with Crippen LogP contribution in [0, 0.1) is 0 Å². The number of anilines is 2. The first-order chi connectivity index (χ1) is 17.0. The first kappa shape index (κ1) is 23.5. The summed E-state index contributed by atoms with van der Waals surface area (Å²) >= 11 is 0. The van der Waals surface area contributed by atoms with Crippen molar-refractivity contribution >= 4 is 28.4 Å². The molecule has 3 N–H and O–H groups in total. The topological polar surface area (TPSA) is 87.7 Å². The Morgan fingerprint density at radius 3 is 2.54 bits per heavy atom. The number of nitrogens with one attached hydrogen (secondary N) is 1. The molecule has 1 atom stereocenters. The number of nitrogen functional groups attached to an aromatic ring is 1. The number of nitrogens with zero attached hydrogens (tertiary/aromatic N) is 1. The third-order valence-corrected chi connectivity index (χ3v) is 7.21. The Labute approximate surface area is 206 Å².